The number of halogens is 6. The topological polar surface area (TPSA) is 384 Å². The van der Waals surface area contributed by atoms with Crippen molar-refractivity contribution in [1.29, 1.82) is 0 Å². The van der Waals surface area contributed by atoms with E-state index in [1.807, 2.05) is 0 Å². The zero-order valence-corrected chi connectivity index (χ0v) is 59.8. The second-order valence-electron chi connectivity index (χ2n) is 23.6. The van der Waals surface area contributed by atoms with Gasteiger partial charge in [-0.2, -0.15) is 13.2 Å². The fraction of sp³-hybridized carbons (Fsp3) is 0.429. The van der Waals surface area contributed by atoms with E-state index in [4.69, 9.17) is 115 Å². The summed E-state index contributed by atoms with van der Waals surface area (Å²) in [5.74, 6) is -14.3. The summed E-state index contributed by atoms with van der Waals surface area (Å²) in [5.41, 5.74) is 9.82. The van der Waals surface area contributed by atoms with Crippen molar-refractivity contribution in [2.75, 3.05) is 33.5 Å². The second kappa shape index (κ2) is 38.6. The van der Waals surface area contributed by atoms with Gasteiger partial charge in [0.15, 0.2) is 36.8 Å². The summed E-state index contributed by atoms with van der Waals surface area (Å²) in [4.78, 5) is 131. The molecule has 574 valence electrons. The van der Waals surface area contributed by atoms with Gasteiger partial charge in [0.1, 0.15) is 74.3 Å². The number of para-hydroxylation sites is 2. The monoisotopic (exact) mass is 1560 g/mol. The molecule has 16 atom stereocenters. The highest BCUT2D eigenvalue weighted by Gasteiger charge is 2.62. The van der Waals surface area contributed by atoms with E-state index in [-0.39, 0.29) is 22.6 Å². The molecule has 0 saturated carbocycles. The third-order valence-electron chi connectivity index (χ3n) is 15.6. The molecule has 0 bridgehead atoms. The summed E-state index contributed by atoms with van der Waals surface area (Å²) in [7, 11) is 0.838. The first-order chi connectivity index (χ1) is 50.9. The van der Waals surface area contributed by atoms with Crippen LogP contribution in [0.4, 0.5) is 23.7 Å². The van der Waals surface area contributed by atoms with E-state index in [0.29, 0.717) is 5.56 Å². The lowest BCUT2D eigenvalue weighted by Gasteiger charge is -2.50. The van der Waals surface area contributed by atoms with Crippen LogP contribution in [-0.2, 0) is 111 Å². The maximum absolute atomic E-state index is 15.6. The Labute approximate surface area is 623 Å². The number of nitrogens with one attached hydrogen (secondary N) is 1. The van der Waals surface area contributed by atoms with Crippen LogP contribution >= 0.6 is 34.8 Å². The van der Waals surface area contributed by atoms with Gasteiger partial charge in [0, 0.05) is 39.5 Å². The smallest absolute Gasteiger partial charge is 0.468 e. The average Bonchev–Trinajstić information content (AvgIpc) is 0.757. The Morgan fingerprint density at radius 2 is 1.18 bits per heavy atom. The standard InChI is InChI=1S/C70H71Cl3F3N5O26/c1-38(82)92-34-49(98-40(3)84)55(99-41(4)85)58-52(80-81-77)48(97-39(2)83)32-68(107-58,66(89)91-6)96-36-51-56(100-42(5)86)59(103-61(87)44-24-14-8-15-25-44)60(104-62(88)45-26-16-9-17-27-45)64(102-51)105-54-50(35-93-47-30-20-11-21-31-47)101-63(106-65(70(74,75)76)78-46-28-18-10-19-29-46)53(79-67(90)95-37-69(71,72)73)57(54)94-33-43-22-12-7-13-23-43/h7-31,48-60,63-64H,32-37H2,1-6H3,(H,79,90)/t48-,49+,50+,51+,52+,53+,54+,55+,56-,57+,58+,59-,60+,63?,64-,68+/m0/s1. The molecule has 5 aromatic rings. The van der Waals surface area contributed by atoms with E-state index in [2.05, 4.69) is 20.3 Å². The van der Waals surface area contributed by atoms with Gasteiger partial charge in [-0.1, -0.05) is 143 Å². The zero-order valence-electron chi connectivity index (χ0n) is 57.5. The molecular weight excluding hydrogens is 1490 g/mol. The average molecular weight is 1560 g/mol. The molecular formula is C70H71Cl3F3N5O26. The number of carbonyl (C=O) groups is 9. The maximum Gasteiger partial charge on any atom is 0.468 e. The highest BCUT2D eigenvalue weighted by molar-refractivity contribution is 6.67. The summed E-state index contributed by atoms with van der Waals surface area (Å²) in [5, 5.41) is 6.17. The highest BCUT2D eigenvalue weighted by atomic mass is 35.6. The van der Waals surface area contributed by atoms with Crippen LogP contribution in [0.1, 0.15) is 67.3 Å². The third kappa shape index (κ3) is 24.1. The van der Waals surface area contributed by atoms with Crippen molar-refractivity contribution < 1.29 is 137 Å². The Bertz CT molecular complexity index is 3930. The van der Waals surface area contributed by atoms with E-state index in [9.17, 15) is 48.7 Å². The minimum absolute atomic E-state index is 0.114. The number of aliphatic imine (C=N–C) groups is 1. The predicted octanol–water partition coefficient (Wildman–Crippen LogP) is 9.35. The normalized spacial score (nSPS) is 24.9. The van der Waals surface area contributed by atoms with Gasteiger partial charge >= 0.3 is 60.0 Å². The Balaban J connectivity index is 1.37. The molecule has 107 heavy (non-hydrogen) atoms. The number of rotatable bonds is 29. The Morgan fingerprint density at radius 3 is 1.72 bits per heavy atom. The first-order valence-corrected chi connectivity index (χ1v) is 33.5. The molecule has 3 aliphatic heterocycles. The number of azide groups is 1. The van der Waals surface area contributed by atoms with Crippen LogP contribution in [0.15, 0.2) is 162 Å². The lowest BCUT2D eigenvalue weighted by Crippen LogP contribution is -2.69. The van der Waals surface area contributed by atoms with Crippen LogP contribution in [0.25, 0.3) is 10.4 Å². The fourth-order valence-corrected chi connectivity index (χ4v) is 11.4. The van der Waals surface area contributed by atoms with Crippen molar-refractivity contribution in [3.05, 3.63) is 179 Å². The summed E-state index contributed by atoms with van der Waals surface area (Å²) >= 11 is 18.0. The molecule has 5 aromatic carbocycles. The maximum atomic E-state index is 15.6. The van der Waals surface area contributed by atoms with Crippen molar-refractivity contribution in [3.63, 3.8) is 0 Å². The van der Waals surface area contributed by atoms with Crippen molar-refractivity contribution in [3.8, 4) is 5.75 Å². The molecule has 3 aliphatic rings. The predicted molar refractivity (Wildman–Crippen MR) is 362 cm³/mol. The molecule has 0 spiro atoms. The number of hydrogen-bond acceptors (Lipinski definition) is 28. The van der Waals surface area contributed by atoms with Crippen molar-refractivity contribution >= 4 is 100 Å². The number of amides is 1. The molecule has 3 saturated heterocycles. The molecule has 0 aromatic heterocycles. The first-order valence-electron chi connectivity index (χ1n) is 32.4. The van der Waals surface area contributed by atoms with E-state index in [0.717, 1.165) is 41.7 Å². The molecule has 3 fully saturated rings. The number of nitrogens with zero attached hydrogens (tertiary/aromatic N) is 4. The van der Waals surface area contributed by atoms with Crippen LogP contribution < -0.4 is 10.1 Å². The highest BCUT2D eigenvalue weighted by Crippen LogP contribution is 2.42. The van der Waals surface area contributed by atoms with Gasteiger partial charge in [0.25, 0.3) is 11.7 Å². The Morgan fingerprint density at radius 1 is 0.626 bits per heavy atom. The summed E-state index contributed by atoms with van der Waals surface area (Å²) in [6, 6.07) is 32.7. The molecule has 3 heterocycles. The Hall–Kier alpha value is -9.87. The summed E-state index contributed by atoms with van der Waals surface area (Å²) in [6.45, 7) is 0.180. The minimum Gasteiger partial charge on any atom is -0.491 e. The van der Waals surface area contributed by atoms with Crippen LogP contribution in [0, 0.1) is 0 Å². The molecule has 37 heteroatoms. The van der Waals surface area contributed by atoms with E-state index in [1.165, 1.54) is 91.0 Å². The minimum atomic E-state index is -5.44. The number of carbonyl (C=O) groups excluding carboxylic acids is 9. The number of ether oxygens (including phenoxy) is 17. The number of benzene rings is 5. The summed E-state index contributed by atoms with van der Waals surface area (Å²) in [6.07, 6.45) is -35.6. The SMILES string of the molecule is COC(=O)[C@@]1(OC[C@H]2O[C@@H](O[C@H]3[C@H](OCc4ccccc4)[C@@H](NC(=O)OCC(Cl)(Cl)Cl)C(OC(=Nc4ccccc4)C(F)(F)F)O[C@@H]3COc3ccccc3)[C@H](OC(=O)c3ccccc3)[C@@H](OC(=O)c3ccccc3)[C@H]2OC(C)=O)C[C@H](OC(C)=O)[C@@H](N=[N+]=[N-])[C@H]([C@H](OC(C)=O)[C@@H](COC(C)=O)OC(C)=O)O1. The fourth-order valence-electron chi connectivity index (χ4n) is 11.3. The Kier molecular flexibility index (Phi) is 29.9. The lowest BCUT2D eigenvalue weighted by molar-refractivity contribution is -0.359. The van der Waals surface area contributed by atoms with Gasteiger partial charge in [-0.25, -0.2) is 24.2 Å². The zero-order chi connectivity index (χ0) is 77.6. The summed E-state index contributed by atoms with van der Waals surface area (Å²) < 4.78 is 148. The number of alkyl halides is 6. The quantitative estimate of drug-likeness (QED) is 0.00680. The largest absolute Gasteiger partial charge is 0.491 e. The van der Waals surface area contributed by atoms with Crippen LogP contribution in [0.2, 0.25) is 0 Å². The molecule has 8 rings (SSSR count). The van der Waals surface area contributed by atoms with Gasteiger partial charge in [0.05, 0.1) is 43.6 Å². The van der Waals surface area contributed by atoms with Crippen LogP contribution in [-0.4, -0.2) is 201 Å². The van der Waals surface area contributed by atoms with Gasteiger partial charge in [-0.15, -0.1) is 0 Å². The van der Waals surface area contributed by atoms with E-state index >= 15 is 13.2 Å². The molecule has 1 unspecified atom stereocenters. The molecule has 1 N–H and O–H groups in total. The molecule has 1 amide bonds. The molecule has 0 aliphatic carbocycles. The van der Waals surface area contributed by atoms with Crippen molar-refractivity contribution in [2.24, 2.45) is 10.1 Å². The number of alkyl carbamates (subject to hydrolysis) is 1. The number of hydrogen-bond donors (Lipinski definition) is 1. The number of methoxy groups -OCH3 is 1. The van der Waals surface area contributed by atoms with Crippen molar-refractivity contribution in [1.82, 2.24) is 5.32 Å². The molecule has 0 radical (unpaired) electrons. The van der Waals surface area contributed by atoms with Gasteiger partial charge < -0.3 is 85.8 Å². The number of esters is 8. The van der Waals surface area contributed by atoms with Gasteiger partial charge in [-0.3, -0.25) is 24.0 Å². The third-order valence-corrected chi connectivity index (χ3v) is 16.0. The van der Waals surface area contributed by atoms with E-state index < -0.39 is 207 Å². The van der Waals surface area contributed by atoms with Crippen LogP contribution in [0.5, 0.6) is 5.75 Å². The van der Waals surface area contributed by atoms with Gasteiger partial charge in [-0.05, 0) is 59.6 Å². The van der Waals surface area contributed by atoms with Crippen molar-refractivity contribution in [2.45, 2.75) is 155 Å². The first kappa shape index (κ1) is 82.8. The van der Waals surface area contributed by atoms with Gasteiger partial charge in [0.2, 0.25) is 10.1 Å². The van der Waals surface area contributed by atoms with E-state index in [1.54, 1.807) is 60.7 Å². The second-order valence-corrected chi connectivity index (χ2v) is 26.1. The lowest BCUT2D eigenvalue weighted by atomic mass is 9.88. The molecule has 31 nitrogen and oxygen atoms in total. The van der Waals surface area contributed by atoms with Crippen LogP contribution in [0.3, 0.4) is 0 Å².